The van der Waals surface area contributed by atoms with Gasteiger partial charge in [-0.1, -0.05) is 6.07 Å². The van der Waals surface area contributed by atoms with Gasteiger partial charge < -0.3 is 4.98 Å². The number of aromatic amines is 1. The molecule has 1 N–H and O–H groups in total. The lowest BCUT2D eigenvalue weighted by Gasteiger charge is -2.01. The highest BCUT2D eigenvalue weighted by Crippen LogP contribution is 2.33. The van der Waals surface area contributed by atoms with Crippen molar-refractivity contribution < 1.29 is 0 Å². The van der Waals surface area contributed by atoms with E-state index in [0.29, 0.717) is 0 Å². The van der Waals surface area contributed by atoms with Crippen LogP contribution in [0.5, 0.6) is 0 Å². The Kier molecular flexibility index (Phi) is 2.27. The normalized spacial score (nSPS) is 15.8. The quantitative estimate of drug-likeness (QED) is 0.805. The molecule has 0 unspecified atom stereocenters. The first-order valence-electron chi connectivity index (χ1n) is 5.59. The van der Waals surface area contributed by atoms with E-state index in [2.05, 4.69) is 28.2 Å². The number of hydrogen-bond acceptors (Lipinski definition) is 2. The van der Waals surface area contributed by atoms with E-state index in [0.717, 1.165) is 24.1 Å². The topological polar surface area (TPSA) is 52.5 Å². The van der Waals surface area contributed by atoms with E-state index in [4.69, 9.17) is 5.26 Å². The molecule has 1 aromatic heterocycles. The van der Waals surface area contributed by atoms with Gasteiger partial charge in [0, 0.05) is 0 Å². The van der Waals surface area contributed by atoms with Crippen molar-refractivity contribution in [1.29, 1.82) is 5.26 Å². The smallest absolute Gasteiger partial charge is 0.0991 e. The van der Waals surface area contributed by atoms with Crippen LogP contribution in [0.25, 0.3) is 11.6 Å². The summed E-state index contributed by atoms with van der Waals surface area (Å²) in [6.07, 6.45) is 7.68. The third kappa shape index (κ3) is 1.74. The molecular formula is C14H11N3. The Morgan fingerprint density at radius 3 is 3.06 bits per heavy atom. The summed E-state index contributed by atoms with van der Waals surface area (Å²) in [6.45, 7) is 0. The van der Waals surface area contributed by atoms with Crippen molar-refractivity contribution in [2.24, 2.45) is 0 Å². The van der Waals surface area contributed by atoms with Gasteiger partial charge in [0.1, 0.15) is 0 Å². The maximum absolute atomic E-state index is 8.93. The van der Waals surface area contributed by atoms with Crippen LogP contribution in [0.2, 0.25) is 0 Å². The van der Waals surface area contributed by atoms with Crippen molar-refractivity contribution in [2.45, 2.75) is 12.8 Å². The van der Waals surface area contributed by atoms with Gasteiger partial charge in [0.15, 0.2) is 0 Å². The van der Waals surface area contributed by atoms with Crippen molar-refractivity contribution in [1.82, 2.24) is 9.97 Å². The van der Waals surface area contributed by atoms with Crippen molar-refractivity contribution in [3.8, 4) is 6.07 Å². The minimum Gasteiger partial charge on any atom is -0.345 e. The first-order valence-corrected chi connectivity index (χ1v) is 5.59. The minimum absolute atomic E-state index is 0.723. The molecule has 3 nitrogen and oxygen atoms in total. The molecule has 0 fully saturated rings. The number of rotatable bonds is 1. The molecule has 0 atom stereocenters. The molecular weight excluding hydrogens is 210 g/mol. The number of H-pyrrole nitrogens is 1. The maximum atomic E-state index is 8.93. The predicted molar refractivity (Wildman–Crippen MR) is 65.9 cm³/mol. The summed E-state index contributed by atoms with van der Waals surface area (Å²) in [6, 6.07) is 8.11. The lowest BCUT2D eigenvalue weighted by Crippen LogP contribution is -1.83. The first kappa shape index (κ1) is 9.86. The standard InChI is InChI=1S/C14H11N3/c15-7-10-1-2-11-3-4-12(14(11)5-10)6-13-8-16-9-17-13/h1-2,5-6,8-9H,3-4H2,(H,16,17). The molecule has 0 spiro atoms. The summed E-state index contributed by atoms with van der Waals surface area (Å²) < 4.78 is 0. The monoisotopic (exact) mass is 221 g/mol. The van der Waals surface area contributed by atoms with Crippen LogP contribution in [-0.4, -0.2) is 9.97 Å². The zero-order chi connectivity index (χ0) is 11.7. The molecule has 1 aliphatic carbocycles. The van der Waals surface area contributed by atoms with Gasteiger partial charge >= 0.3 is 0 Å². The molecule has 1 aromatic carbocycles. The largest absolute Gasteiger partial charge is 0.345 e. The van der Waals surface area contributed by atoms with E-state index in [1.807, 2.05) is 12.1 Å². The molecule has 0 saturated carbocycles. The van der Waals surface area contributed by atoms with Gasteiger partial charge in [0.25, 0.3) is 0 Å². The Labute approximate surface area is 99.4 Å². The molecule has 0 bridgehead atoms. The summed E-state index contributed by atoms with van der Waals surface area (Å²) in [5.41, 5.74) is 5.55. The molecule has 2 aromatic rings. The van der Waals surface area contributed by atoms with Crippen molar-refractivity contribution >= 4 is 11.6 Å². The molecule has 0 aliphatic heterocycles. The number of fused-ring (bicyclic) bond motifs is 1. The fourth-order valence-corrected chi connectivity index (χ4v) is 2.25. The summed E-state index contributed by atoms with van der Waals surface area (Å²) in [7, 11) is 0. The van der Waals surface area contributed by atoms with Gasteiger partial charge in [-0.25, -0.2) is 4.98 Å². The number of imidazole rings is 1. The van der Waals surface area contributed by atoms with Crippen molar-refractivity contribution in [2.75, 3.05) is 0 Å². The number of nitrogens with one attached hydrogen (secondary N) is 1. The van der Waals surface area contributed by atoms with E-state index in [1.165, 1.54) is 16.7 Å². The summed E-state index contributed by atoms with van der Waals surface area (Å²) >= 11 is 0. The van der Waals surface area contributed by atoms with E-state index < -0.39 is 0 Å². The molecule has 3 rings (SSSR count). The van der Waals surface area contributed by atoms with Crippen LogP contribution in [0.1, 0.15) is 28.8 Å². The fourth-order valence-electron chi connectivity index (χ4n) is 2.25. The highest BCUT2D eigenvalue weighted by atomic mass is 14.8. The highest BCUT2D eigenvalue weighted by molar-refractivity contribution is 5.84. The summed E-state index contributed by atoms with van der Waals surface area (Å²) in [4.78, 5) is 7.07. The lowest BCUT2D eigenvalue weighted by atomic mass is 10.0. The van der Waals surface area contributed by atoms with Gasteiger partial charge in [-0.3, -0.25) is 0 Å². The number of nitrogens with zero attached hydrogens (tertiary/aromatic N) is 2. The SMILES string of the molecule is N#Cc1ccc2c(c1)C(=Cc1cnc[nH]1)CC2. The number of nitriles is 1. The van der Waals surface area contributed by atoms with Crippen LogP contribution < -0.4 is 0 Å². The van der Waals surface area contributed by atoms with Gasteiger partial charge in [0.05, 0.1) is 29.9 Å². The van der Waals surface area contributed by atoms with E-state index >= 15 is 0 Å². The number of hydrogen-bond donors (Lipinski definition) is 1. The van der Waals surface area contributed by atoms with Gasteiger partial charge in [-0.05, 0) is 47.8 Å². The highest BCUT2D eigenvalue weighted by Gasteiger charge is 2.16. The van der Waals surface area contributed by atoms with Crippen LogP contribution in [0.15, 0.2) is 30.7 Å². The fraction of sp³-hybridized carbons (Fsp3) is 0.143. The van der Waals surface area contributed by atoms with Crippen molar-refractivity contribution in [3.63, 3.8) is 0 Å². The number of benzene rings is 1. The molecule has 1 heterocycles. The minimum atomic E-state index is 0.723. The average molecular weight is 221 g/mol. The Morgan fingerprint density at radius 1 is 1.35 bits per heavy atom. The molecule has 82 valence electrons. The number of aryl methyl sites for hydroxylation is 1. The molecule has 17 heavy (non-hydrogen) atoms. The summed E-state index contributed by atoms with van der Waals surface area (Å²) in [5.74, 6) is 0. The average Bonchev–Trinajstić information content (AvgIpc) is 2.99. The van der Waals surface area contributed by atoms with Crippen LogP contribution >= 0.6 is 0 Å². The third-order valence-corrected chi connectivity index (χ3v) is 3.10. The van der Waals surface area contributed by atoms with Crippen LogP contribution in [-0.2, 0) is 6.42 Å². The zero-order valence-corrected chi connectivity index (χ0v) is 9.27. The van der Waals surface area contributed by atoms with E-state index in [-0.39, 0.29) is 0 Å². The van der Waals surface area contributed by atoms with Gasteiger partial charge in [-0.2, -0.15) is 5.26 Å². The predicted octanol–water partition coefficient (Wildman–Crippen LogP) is 2.77. The van der Waals surface area contributed by atoms with Crippen molar-refractivity contribution in [3.05, 3.63) is 53.1 Å². The van der Waals surface area contributed by atoms with Crippen LogP contribution in [0.4, 0.5) is 0 Å². The molecule has 0 amide bonds. The number of aromatic nitrogens is 2. The molecule has 0 saturated heterocycles. The van der Waals surface area contributed by atoms with Gasteiger partial charge in [0.2, 0.25) is 0 Å². The Balaban J connectivity index is 2.06. The van der Waals surface area contributed by atoms with E-state index in [9.17, 15) is 0 Å². The second-order valence-corrected chi connectivity index (χ2v) is 4.16. The second kappa shape index (κ2) is 3.91. The molecule has 0 radical (unpaired) electrons. The van der Waals surface area contributed by atoms with Crippen LogP contribution in [0.3, 0.4) is 0 Å². The third-order valence-electron chi connectivity index (χ3n) is 3.10. The van der Waals surface area contributed by atoms with Gasteiger partial charge in [-0.15, -0.1) is 0 Å². The maximum Gasteiger partial charge on any atom is 0.0991 e. The molecule has 3 heteroatoms. The molecule has 1 aliphatic rings. The van der Waals surface area contributed by atoms with Crippen LogP contribution in [0, 0.1) is 11.3 Å². The number of allylic oxidation sites excluding steroid dienone is 1. The Morgan fingerprint density at radius 2 is 2.29 bits per heavy atom. The lowest BCUT2D eigenvalue weighted by molar-refractivity contribution is 1.08. The zero-order valence-electron chi connectivity index (χ0n) is 9.27. The second-order valence-electron chi connectivity index (χ2n) is 4.16. The Hall–Kier alpha value is -2.34. The summed E-state index contributed by atoms with van der Waals surface area (Å²) in [5, 5.41) is 8.93. The Bertz CT molecular complexity index is 615. The van der Waals surface area contributed by atoms with E-state index in [1.54, 1.807) is 12.5 Å². The first-order chi connectivity index (χ1) is 8.36.